The summed E-state index contributed by atoms with van der Waals surface area (Å²) in [6.45, 7) is 0.606. The molecule has 1 N–H and O–H groups in total. The van der Waals surface area contributed by atoms with Gasteiger partial charge in [-0.2, -0.15) is 4.52 Å². The summed E-state index contributed by atoms with van der Waals surface area (Å²) in [5, 5.41) is 9.05. The fourth-order valence-corrected chi connectivity index (χ4v) is 3.22. The zero-order valence-electron chi connectivity index (χ0n) is 15.8. The lowest BCUT2D eigenvalue weighted by atomic mass is 10.2. The number of para-hydroxylation sites is 1. The molecule has 0 amide bonds. The minimum absolute atomic E-state index is 0.606. The van der Waals surface area contributed by atoms with Crippen molar-refractivity contribution in [1.82, 2.24) is 24.6 Å². The number of nitrogens with one attached hydrogen (secondary N) is 1. The van der Waals surface area contributed by atoms with Crippen molar-refractivity contribution in [3.05, 3.63) is 78.6 Å². The predicted octanol–water partition coefficient (Wildman–Crippen LogP) is 3.96. The lowest BCUT2D eigenvalue weighted by Gasteiger charge is -2.09. The van der Waals surface area contributed by atoms with Crippen molar-refractivity contribution in [1.29, 1.82) is 0 Å². The zero-order chi connectivity index (χ0) is 19.6. The molecule has 29 heavy (non-hydrogen) atoms. The molecule has 0 radical (unpaired) electrons. The largest absolute Gasteiger partial charge is 0.497 e. The van der Waals surface area contributed by atoms with Gasteiger partial charge in [-0.25, -0.2) is 9.97 Å². The van der Waals surface area contributed by atoms with E-state index in [0.717, 1.165) is 33.4 Å². The lowest BCUT2D eigenvalue weighted by Crippen LogP contribution is -2.08. The smallest absolute Gasteiger partial charge is 0.226 e. The van der Waals surface area contributed by atoms with Crippen LogP contribution in [0.2, 0.25) is 0 Å². The number of fused-ring (bicyclic) bond motifs is 3. The first kappa shape index (κ1) is 17.1. The van der Waals surface area contributed by atoms with E-state index < -0.39 is 0 Å². The molecule has 142 valence electrons. The number of nitrogens with zero attached hydrogens (tertiary/aromatic N) is 5. The Hall–Kier alpha value is -4.00. The molecule has 0 saturated carbocycles. The van der Waals surface area contributed by atoms with Crippen LogP contribution in [0, 0.1) is 0 Å². The Kier molecular flexibility index (Phi) is 4.25. The van der Waals surface area contributed by atoms with Gasteiger partial charge in [0.25, 0.3) is 0 Å². The van der Waals surface area contributed by atoms with E-state index in [1.165, 1.54) is 0 Å². The number of rotatable bonds is 5. The predicted molar refractivity (Wildman–Crippen MR) is 112 cm³/mol. The van der Waals surface area contributed by atoms with E-state index in [0.29, 0.717) is 18.3 Å². The summed E-state index contributed by atoms with van der Waals surface area (Å²) < 4.78 is 6.99. The second-order valence-corrected chi connectivity index (χ2v) is 6.56. The average Bonchev–Trinajstić information content (AvgIpc) is 3.24. The molecule has 0 atom stereocenters. The molecule has 0 aliphatic heterocycles. The molecule has 2 aromatic carbocycles. The van der Waals surface area contributed by atoms with Crippen molar-refractivity contribution in [2.75, 3.05) is 12.4 Å². The summed E-state index contributed by atoms with van der Waals surface area (Å²) in [4.78, 5) is 13.6. The first-order valence-electron chi connectivity index (χ1n) is 9.24. The third kappa shape index (κ3) is 3.23. The van der Waals surface area contributed by atoms with Crippen LogP contribution in [-0.4, -0.2) is 31.7 Å². The second kappa shape index (κ2) is 7.20. The molecule has 3 aromatic heterocycles. The first-order chi connectivity index (χ1) is 14.3. The van der Waals surface area contributed by atoms with Crippen molar-refractivity contribution in [3.63, 3.8) is 0 Å². The number of hydrogen-bond donors (Lipinski definition) is 1. The van der Waals surface area contributed by atoms with E-state index in [1.54, 1.807) is 24.0 Å². The first-order valence-corrected chi connectivity index (χ1v) is 9.24. The number of methoxy groups -OCH3 is 1. The molecule has 0 fully saturated rings. The molecular formula is C22H18N6O. The van der Waals surface area contributed by atoms with Crippen LogP contribution in [-0.2, 0) is 6.54 Å². The van der Waals surface area contributed by atoms with E-state index in [4.69, 9.17) is 19.8 Å². The summed E-state index contributed by atoms with van der Waals surface area (Å²) >= 11 is 0. The van der Waals surface area contributed by atoms with Gasteiger partial charge in [0.2, 0.25) is 5.95 Å². The van der Waals surface area contributed by atoms with Crippen molar-refractivity contribution in [3.8, 4) is 17.1 Å². The zero-order valence-corrected chi connectivity index (χ0v) is 15.8. The standard InChI is InChI=1S/C22H18N6O/c1-29-17-8-6-15(7-9-17)14-24-22-25-19-5-3-2-4-18(19)21-26-20(27-28(21)22)16-10-12-23-13-11-16/h2-13H,14H2,1H3,(H,24,25). The van der Waals surface area contributed by atoms with Crippen LogP contribution >= 0.6 is 0 Å². The van der Waals surface area contributed by atoms with Gasteiger partial charge >= 0.3 is 0 Å². The van der Waals surface area contributed by atoms with Gasteiger partial charge < -0.3 is 10.1 Å². The van der Waals surface area contributed by atoms with Gasteiger partial charge in [0, 0.05) is 29.9 Å². The highest BCUT2D eigenvalue weighted by atomic mass is 16.5. The number of anilines is 1. The number of aromatic nitrogens is 5. The summed E-state index contributed by atoms with van der Waals surface area (Å²) in [6, 6.07) is 19.7. The molecule has 3 heterocycles. The van der Waals surface area contributed by atoms with E-state index in [2.05, 4.69) is 10.3 Å². The van der Waals surface area contributed by atoms with Crippen LogP contribution in [0.3, 0.4) is 0 Å². The minimum atomic E-state index is 0.606. The molecule has 7 heteroatoms. The van der Waals surface area contributed by atoms with Crippen molar-refractivity contribution in [2.45, 2.75) is 6.54 Å². The molecule has 0 saturated heterocycles. The third-order valence-electron chi connectivity index (χ3n) is 4.73. The number of hydrogen-bond acceptors (Lipinski definition) is 6. The van der Waals surface area contributed by atoms with Crippen molar-refractivity contribution < 1.29 is 4.74 Å². The Morgan fingerprint density at radius 3 is 2.52 bits per heavy atom. The van der Waals surface area contributed by atoms with E-state index in [1.807, 2.05) is 60.7 Å². The van der Waals surface area contributed by atoms with E-state index in [-0.39, 0.29) is 0 Å². The van der Waals surface area contributed by atoms with Gasteiger partial charge in [-0.05, 0) is 42.0 Å². The SMILES string of the molecule is COc1ccc(CNc2nc3ccccc3c3nc(-c4ccncc4)nn23)cc1. The maximum absolute atomic E-state index is 5.22. The highest BCUT2D eigenvalue weighted by Gasteiger charge is 2.14. The van der Waals surface area contributed by atoms with Gasteiger partial charge in [-0.1, -0.05) is 24.3 Å². The Labute approximate surface area is 167 Å². The fourth-order valence-electron chi connectivity index (χ4n) is 3.22. The number of benzene rings is 2. The van der Waals surface area contributed by atoms with E-state index in [9.17, 15) is 0 Å². The lowest BCUT2D eigenvalue weighted by molar-refractivity contribution is 0.414. The normalized spacial score (nSPS) is 11.1. The van der Waals surface area contributed by atoms with Crippen molar-refractivity contribution in [2.24, 2.45) is 0 Å². The summed E-state index contributed by atoms with van der Waals surface area (Å²) in [7, 11) is 1.66. The fraction of sp³-hybridized carbons (Fsp3) is 0.0909. The Morgan fingerprint density at radius 1 is 0.931 bits per heavy atom. The topological polar surface area (TPSA) is 77.2 Å². The average molecular weight is 382 g/mol. The monoisotopic (exact) mass is 382 g/mol. The molecule has 0 bridgehead atoms. The van der Waals surface area contributed by atoms with Gasteiger partial charge in [-0.3, -0.25) is 4.98 Å². The highest BCUT2D eigenvalue weighted by Crippen LogP contribution is 2.24. The van der Waals surface area contributed by atoms with Gasteiger partial charge in [-0.15, -0.1) is 5.10 Å². The summed E-state index contributed by atoms with van der Waals surface area (Å²) in [6.07, 6.45) is 3.47. The highest BCUT2D eigenvalue weighted by molar-refractivity contribution is 5.92. The molecular weight excluding hydrogens is 364 g/mol. The number of ether oxygens (including phenoxy) is 1. The van der Waals surface area contributed by atoms with E-state index >= 15 is 0 Å². The Morgan fingerprint density at radius 2 is 1.72 bits per heavy atom. The van der Waals surface area contributed by atoms with Crippen LogP contribution < -0.4 is 10.1 Å². The van der Waals surface area contributed by atoms with Gasteiger partial charge in [0.1, 0.15) is 5.75 Å². The van der Waals surface area contributed by atoms with Gasteiger partial charge in [0.15, 0.2) is 11.5 Å². The molecule has 0 spiro atoms. The maximum atomic E-state index is 5.22. The number of pyridine rings is 1. The molecule has 0 aliphatic rings. The molecule has 0 aliphatic carbocycles. The van der Waals surface area contributed by atoms with Crippen LogP contribution in [0.25, 0.3) is 27.9 Å². The van der Waals surface area contributed by atoms with Gasteiger partial charge in [0.05, 0.1) is 12.6 Å². The third-order valence-corrected chi connectivity index (χ3v) is 4.73. The second-order valence-electron chi connectivity index (χ2n) is 6.56. The van der Waals surface area contributed by atoms with Crippen LogP contribution in [0.1, 0.15) is 5.56 Å². The quantitative estimate of drug-likeness (QED) is 0.496. The molecule has 7 nitrogen and oxygen atoms in total. The summed E-state index contributed by atoms with van der Waals surface area (Å²) in [5.74, 6) is 2.11. The van der Waals surface area contributed by atoms with Crippen LogP contribution in [0.4, 0.5) is 5.95 Å². The van der Waals surface area contributed by atoms with Crippen LogP contribution in [0.15, 0.2) is 73.1 Å². The molecule has 0 unspecified atom stereocenters. The Bertz CT molecular complexity index is 1280. The summed E-state index contributed by atoms with van der Waals surface area (Å²) in [5.41, 5.74) is 3.66. The minimum Gasteiger partial charge on any atom is -0.497 e. The maximum Gasteiger partial charge on any atom is 0.226 e. The Balaban J connectivity index is 1.58. The van der Waals surface area contributed by atoms with Crippen molar-refractivity contribution >= 4 is 22.5 Å². The molecule has 5 aromatic rings. The van der Waals surface area contributed by atoms with Crippen LogP contribution in [0.5, 0.6) is 5.75 Å². The molecule has 5 rings (SSSR count).